The molecule has 1 aliphatic rings. The molecule has 0 unspecified atom stereocenters. The lowest BCUT2D eigenvalue weighted by Crippen LogP contribution is -2.37. The lowest BCUT2D eigenvalue weighted by atomic mass is 10.4. The second kappa shape index (κ2) is 4.44. The maximum atomic E-state index is 10.9. The minimum absolute atomic E-state index is 0.0995. The molecule has 1 saturated carbocycles. The number of amides is 2. The van der Waals surface area contributed by atoms with Crippen molar-refractivity contribution in [3.8, 4) is 0 Å². The first-order chi connectivity index (χ1) is 5.33. The normalized spacial score (nSPS) is 16.1. The summed E-state index contributed by atoms with van der Waals surface area (Å²) in [6.45, 7) is 1.35. The average molecular weight is 177 g/mol. The molecule has 1 rings (SSSR count). The molecule has 0 heterocycles. The van der Waals surface area contributed by atoms with Crippen molar-refractivity contribution >= 4 is 17.6 Å². The van der Waals surface area contributed by atoms with E-state index < -0.39 is 0 Å². The quantitative estimate of drug-likeness (QED) is 0.615. The Kier molecular flexibility index (Phi) is 3.49. The molecule has 1 fully saturated rings. The fourth-order valence-corrected chi connectivity index (χ4v) is 0.877. The summed E-state index contributed by atoms with van der Waals surface area (Å²) in [5.41, 5.74) is 0. The molecule has 0 atom stereocenters. The summed E-state index contributed by atoms with van der Waals surface area (Å²) in [5, 5.41) is 5.40. The van der Waals surface area contributed by atoms with Crippen LogP contribution in [0.4, 0.5) is 4.79 Å². The molecule has 2 amide bonds. The first-order valence-electron chi connectivity index (χ1n) is 3.90. The lowest BCUT2D eigenvalue weighted by molar-refractivity contribution is 0.241. The van der Waals surface area contributed by atoms with Gasteiger partial charge in [-0.15, -0.1) is 11.6 Å². The van der Waals surface area contributed by atoms with Gasteiger partial charge in [0.15, 0.2) is 0 Å². The van der Waals surface area contributed by atoms with E-state index in [9.17, 15) is 4.79 Å². The second-order valence-corrected chi connectivity index (χ2v) is 3.15. The van der Waals surface area contributed by atoms with E-state index in [4.69, 9.17) is 11.6 Å². The molecule has 3 nitrogen and oxygen atoms in total. The van der Waals surface area contributed by atoms with Crippen LogP contribution in [-0.2, 0) is 0 Å². The summed E-state index contributed by atoms with van der Waals surface area (Å²) in [6.07, 6.45) is 2.52. The van der Waals surface area contributed by atoms with Crippen LogP contribution in [0.1, 0.15) is 12.8 Å². The van der Waals surface area contributed by atoms with Crippen LogP contribution in [0, 0.1) is 5.92 Å². The Morgan fingerprint density at radius 3 is 2.73 bits per heavy atom. The van der Waals surface area contributed by atoms with Crippen molar-refractivity contribution in [1.29, 1.82) is 0 Å². The summed E-state index contributed by atoms with van der Waals surface area (Å²) in [4.78, 5) is 10.9. The molecule has 64 valence electrons. The molecule has 0 aliphatic heterocycles. The Morgan fingerprint density at radius 1 is 1.45 bits per heavy atom. The summed E-state index contributed by atoms with van der Waals surface area (Å²) in [6, 6.07) is -0.0995. The SMILES string of the molecule is O=C(NCCCl)NCC1CC1. The molecule has 0 aromatic carbocycles. The Hall–Kier alpha value is -0.440. The van der Waals surface area contributed by atoms with E-state index in [0.29, 0.717) is 12.4 Å². The minimum atomic E-state index is -0.0995. The van der Waals surface area contributed by atoms with Crippen LogP contribution < -0.4 is 10.6 Å². The highest BCUT2D eigenvalue weighted by molar-refractivity contribution is 6.18. The van der Waals surface area contributed by atoms with Gasteiger partial charge in [-0.05, 0) is 18.8 Å². The molecule has 0 saturated heterocycles. The Balaban J connectivity index is 1.91. The number of nitrogens with one attached hydrogen (secondary N) is 2. The van der Waals surface area contributed by atoms with Gasteiger partial charge in [-0.2, -0.15) is 0 Å². The Labute approximate surface area is 71.5 Å². The van der Waals surface area contributed by atoms with E-state index in [-0.39, 0.29) is 6.03 Å². The van der Waals surface area contributed by atoms with Gasteiger partial charge in [0.25, 0.3) is 0 Å². The zero-order valence-electron chi connectivity index (χ0n) is 6.40. The maximum Gasteiger partial charge on any atom is 0.314 e. The number of rotatable bonds is 4. The molecular weight excluding hydrogens is 164 g/mol. The number of carbonyl (C=O) groups is 1. The number of carbonyl (C=O) groups excluding carboxylic acids is 1. The number of hydrogen-bond donors (Lipinski definition) is 2. The van der Waals surface area contributed by atoms with Crippen LogP contribution in [0.5, 0.6) is 0 Å². The second-order valence-electron chi connectivity index (χ2n) is 2.77. The molecule has 0 spiro atoms. The monoisotopic (exact) mass is 176 g/mol. The smallest absolute Gasteiger partial charge is 0.314 e. The predicted octanol–water partition coefficient (Wildman–Crippen LogP) is 0.934. The topological polar surface area (TPSA) is 41.1 Å². The Morgan fingerprint density at radius 2 is 2.18 bits per heavy atom. The minimum Gasteiger partial charge on any atom is -0.338 e. The standard InChI is InChI=1S/C7H13ClN2O/c8-3-4-9-7(11)10-5-6-1-2-6/h6H,1-5H2,(H2,9,10,11). The van der Waals surface area contributed by atoms with Crippen molar-refractivity contribution in [2.24, 2.45) is 5.92 Å². The number of urea groups is 1. The number of alkyl halides is 1. The molecule has 4 heteroatoms. The van der Waals surface area contributed by atoms with Crippen LogP contribution in [0.15, 0.2) is 0 Å². The van der Waals surface area contributed by atoms with Gasteiger partial charge >= 0.3 is 6.03 Å². The maximum absolute atomic E-state index is 10.9. The van der Waals surface area contributed by atoms with Gasteiger partial charge in [-0.1, -0.05) is 0 Å². The van der Waals surface area contributed by atoms with Crippen molar-refractivity contribution in [3.05, 3.63) is 0 Å². The van der Waals surface area contributed by atoms with Gasteiger partial charge in [0, 0.05) is 19.0 Å². The van der Waals surface area contributed by atoms with Crippen molar-refractivity contribution in [1.82, 2.24) is 10.6 Å². The number of halogens is 1. The van der Waals surface area contributed by atoms with Crippen molar-refractivity contribution in [3.63, 3.8) is 0 Å². The molecule has 2 N–H and O–H groups in total. The van der Waals surface area contributed by atoms with Gasteiger partial charge in [-0.25, -0.2) is 4.79 Å². The summed E-state index contributed by atoms with van der Waals surface area (Å²) >= 11 is 5.38. The van der Waals surface area contributed by atoms with Crippen molar-refractivity contribution < 1.29 is 4.79 Å². The van der Waals surface area contributed by atoms with E-state index in [1.165, 1.54) is 12.8 Å². The first-order valence-corrected chi connectivity index (χ1v) is 4.44. The largest absolute Gasteiger partial charge is 0.338 e. The summed E-state index contributed by atoms with van der Waals surface area (Å²) in [5.74, 6) is 1.20. The van der Waals surface area contributed by atoms with E-state index in [0.717, 1.165) is 12.5 Å². The van der Waals surface area contributed by atoms with E-state index in [1.54, 1.807) is 0 Å². The van der Waals surface area contributed by atoms with Crippen LogP contribution in [0.3, 0.4) is 0 Å². The zero-order chi connectivity index (χ0) is 8.10. The molecule has 11 heavy (non-hydrogen) atoms. The predicted molar refractivity (Wildman–Crippen MR) is 44.8 cm³/mol. The highest BCUT2D eigenvalue weighted by atomic mass is 35.5. The third-order valence-corrected chi connectivity index (χ3v) is 1.82. The van der Waals surface area contributed by atoms with Gasteiger partial charge in [0.2, 0.25) is 0 Å². The molecule has 0 bridgehead atoms. The van der Waals surface area contributed by atoms with Gasteiger partial charge in [0.05, 0.1) is 0 Å². The third-order valence-electron chi connectivity index (χ3n) is 1.63. The fourth-order valence-electron chi connectivity index (χ4n) is 0.782. The van der Waals surface area contributed by atoms with Gasteiger partial charge < -0.3 is 10.6 Å². The first kappa shape index (κ1) is 8.65. The number of hydrogen-bond acceptors (Lipinski definition) is 1. The highest BCUT2D eigenvalue weighted by Crippen LogP contribution is 2.27. The molecule has 0 aromatic rings. The van der Waals surface area contributed by atoms with Crippen LogP contribution in [0.25, 0.3) is 0 Å². The average Bonchev–Trinajstić information content (AvgIpc) is 2.80. The third kappa shape index (κ3) is 4.09. The van der Waals surface area contributed by atoms with E-state index in [2.05, 4.69) is 10.6 Å². The molecule has 0 aromatic heterocycles. The van der Waals surface area contributed by atoms with Gasteiger partial charge in [-0.3, -0.25) is 0 Å². The highest BCUT2D eigenvalue weighted by Gasteiger charge is 2.21. The lowest BCUT2D eigenvalue weighted by Gasteiger charge is -2.03. The zero-order valence-corrected chi connectivity index (χ0v) is 7.16. The van der Waals surface area contributed by atoms with Crippen LogP contribution >= 0.6 is 11.6 Å². The molecular formula is C7H13ClN2O. The molecule has 1 aliphatic carbocycles. The van der Waals surface area contributed by atoms with Gasteiger partial charge in [0.1, 0.15) is 0 Å². The van der Waals surface area contributed by atoms with Crippen molar-refractivity contribution in [2.75, 3.05) is 19.0 Å². The summed E-state index contributed by atoms with van der Waals surface area (Å²) in [7, 11) is 0. The Bertz CT molecular complexity index is 136. The van der Waals surface area contributed by atoms with E-state index >= 15 is 0 Å². The fraction of sp³-hybridized carbons (Fsp3) is 0.857. The molecule has 0 radical (unpaired) electrons. The summed E-state index contributed by atoms with van der Waals surface area (Å²) < 4.78 is 0. The van der Waals surface area contributed by atoms with Crippen LogP contribution in [-0.4, -0.2) is 25.0 Å². The van der Waals surface area contributed by atoms with Crippen LogP contribution in [0.2, 0.25) is 0 Å². The van der Waals surface area contributed by atoms with Crippen molar-refractivity contribution in [2.45, 2.75) is 12.8 Å². The van der Waals surface area contributed by atoms with E-state index in [1.807, 2.05) is 0 Å².